The van der Waals surface area contributed by atoms with E-state index in [9.17, 15) is 10.1 Å². The summed E-state index contributed by atoms with van der Waals surface area (Å²) < 4.78 is 10.9. The Morgan fingerprint density at radius 2 is 2.03 bits per heavy atom. The second kappa shape index (κ2) is 10.00. The zero-order chi connectivity index (χ0) is 25.2. The number of nitrogens with zero attached hydrogens (tertiary/aromatic N) is 2. The van der Waals surface area contributed by atoms with Gasteiger partial charge in [-0.15, -0.1) is 11.3 Å². The largest absolute Gasteiger partial charge is 0.497 e. The predicted molar refractivity (Wildman–Crippen MR) is 143 cm³/mol. The Hall–Kier alpha value is -3.89. The Balaban J connectivity index is 1.57. The third kappa shape index (κ3) is 4.29. The average Bonchev–Trinajstić information content (AvgIpc) is 3.27. The summed E-state index contributed by atoms with van der Waals surface area (Å²) in [5.41, 5.74) is 4.28. The second-order valence-electron chi connectivity index (χ2n) is 8.93. The zero-order valence-corrected chi connectivity index (χ0v) is 21.4. The summed E-state index contributed by atoms with van der Waals surface area (Å²) in [6.45, 7) is 2.21. The van der Waals surface area contributed by atoms with Gasteiger partial charge in [-0.05, 0) is 55.0 Å². The molecule has 36 heavy (non-hydrogen) atoms. The number of nitrogens with one attached hydrogen (secondary N) is 1. The number of para-hydroxylation sites is 1. The molecule has 5 rings (SSSR count). The first-order valence-electron chi connectivity index (χ1n) is 12.0. The minimum Gasteiger partial charge on any atom is -0.497 e. The van der Waals surface area contributed by atoms with Crippen LogP contribution in [0.1, 0.15) is 46.1 Å². The Morgan fingerprint density at radius 1 is 1.19 bits per heavy atom. The molecular weight excluding hydrogens is 470 g/mol. The highest BCUT2D eigenvalue weighted by atomic mass is 32.1. The van der Waals surface area contributed by atoms with Crippen LogP contribution < -0.4 is 14.8 Å². The van der Waals surface area contributed by atoms with E-state index in [0.29, 0.717) is 44.8 Å². The van der Waals surface area contributed by atoms with Crippen LogP contribution in [-0.2, 0) is 12.8 Å². The van der Waals surface area contributed by atoms with Crippen molar-refractivity contribution in [2.75, 3.05) is 19.5 Å². The molecule has 0 fully saturated rings. The van der Waals surface area contributed by atoms with Crippen LogP contribution in [0.4, 0.5) is 5.00 Å². The fourth-order valence-corrected chi connectivity index (χ4v) is 6.20. The number of pyridine rings is 1. The fourth-order valence-electron chi connectivity index (χ4n) is 4.89. The second-order valence-corrected chi connectivity index (χ2v) is 10.0. The molecule has 2 heterocycles. The van der Waals surface area contributed by atoms with Crippen molar-refractivity contribution in [3.63, 3.8) is 0 Å². The van der Waals surface area contributed by atoms with Gasteiger partial charge in [0.25, 0.3) is 5.91 Å². The lowest BCUT2D eigenvalue weighted by atomic mass is 9.86. The number of carbonyl (C=O) groups is 1. The maximum absolute atomic E-state index is 13.7. The highest BCUT2D eigenvalue weighted by Gasteiger charge is 2.26. The summed E-state index contributed by atoms with van der Waals surface area (Å²) in [5.74, 6) is 1.65. The van der Waals surface area contributed by atoms with Crippen LogP contribution in [-0.4, -0.2) is 25.1 Å². The zero-order valence-electron chi connectivity index (χ0n) is 20.6. The van der Waals surface area contributed by atoms with E-state index in [1.165, 1.54) is 4.88 Å². The molecule has 1 aliphatic rings. The van der Waals surface area contributed by atoms with Crippen molar-refractivity contribution in [3.8, 4) is 28.8 Å². The minimum atomic E-state index is -0.260. The standard InChI is InChI=1S/C29H27N3O3S/c1-4-17-9-11-20-23(16-30)29(36-27(20)13-17)32-28(33)22-15-25(31-24-8-6-5-7-19(22)24)21-12-10-18(34-2)14-26(21)35-3/h5-8,10,12,14-15,17H,4,9,11,13H2,1-3H3,(H,32,33). The van der Waals surface area contributed by atoms with Gasteiger partial charge in [-0.25, -0.2) is 4.98 Å². The van der Waals surface area contributed by atoms with E-state index in [1.54, 1.807) is 37.7 Å². The number of hydrogen-bond acceptors (Lipinski definition) is 6. The number of aromatic nitrogens is 1. The molecule has 0 radical (unpaired) electrons. The average molecular weight is 498 g/mol. The maximum Gasteiger partial charge on any atom is 0.257 e. The minimum absolute atomic E-state index is 0.260. The van der Waals surface area contributed by atoms with E-state index in [0.717, 1.165) is 42.2 Å². The van der Waals surface area contributed by atoms with Gasteiger partial charge in [0.05, 0.1) is 36.6 Å². The molecule has 1 atom stereocenters. The topological polar surface area (TPSA) is 84.2 Å². The molecule has 7 heteroatoms. The maximum atomic E-state index is 13.7. The van der Waals surface area contributed by atoms with Gasteiger partial charge in [0.15, 0.2) is 0 Å². The number of rotatable bonds is 6. The number of carbonyl (C=O) groups excluding carboxylic acids is 1. The Labute approximate surface area is 214 Å². The van der Waals surface area contributed by atoms with E-state index in [-0.39, 0.29) is 5.91 Å². The van der Waals surface area contributed by atoms with Crippen LogP contribution >= 0.6 is 11.3 Å². The molecule has 182 valence electrons. The van der Waals surface area contributed by atoms with E-state index in [1.807, 2.05) is 36.4 Å². The summed E-state index contributed by atoms with van der Waals surface area (Å²) in [6.07, 6.45) is 4.08. The number of fused-ring (bicyclic) bond motifs is 2. The first-order chi connectivity index (χ1) is 17.6. The fraction of sp³-hybridized carbons (Fsp3) is 0.276. The van der Waals surface area contributed by atoms with Gasteiger partial charge in [-0.3, -0.25) is 4.79 Å². The van der Waals surface area contributed by atoms with Crippen LogP contribution in [0.3, 0.4) is 0 Å². The predicted octanol–water partition coefficient (Wildman–Crippen LogP) is 6.62. The molecule has 2 aromatic carbocycles. The Morgan fingerprint density at radius 3 is 2.78 bits per heavy atom. The van der Waals surface area contributed by atoms with Crippen LogP contribution in [0.25, 0.3) is 22.2 Å². The quantitative estimate of drug-likeness (QED) is 0.324. The summed E-state index contributed by atoms with van der Waals surface area (Å²) in [5, 5.41) is 14.4. The molecule has 6 nitrogen and oxygen atoms in total. The molecule has 4 aromatic rings. The Bertz CT molecular complexity index is 1500. The number of amides is 1. The third-order valence-corrected chi connectivity index (χ3v) is 8.10. The molecule has 0 saturated carbocycles. The van der Waals surface area contributed by atoms with Crippen LogP contribution in [0.2, 0.25) is 0 Å². The molecule has 1 unspecified atom stereocenters. The molecule has 0 spiro atoms. The molecule has 2 aromatic heterocycles. The Kier molecular flexibility index (Phi) is 6.62. The van der Waals surface area contributed by atoms with E-state index < -0.39 is 0 Å². The molecular formula is C29H27N3O3S. The van der Waals surface area contributed by atoms with Gasteiger partial charge in [0.1, 0.15) is 22.6 Å². The first-order valence-corrected chi connectivity index (χ1v) is 12.9. The number of thiophene rings is 1. The number of methoxy groups -OCH3 is 2. The summed E-state index contributed by atoms with van der Waals surface area (Å²) >= 11 is 1.54. The lowest BCUT2D eigenvalue weighted by Gasteiger charge is -2.20. The van der Waals surface area contributed by atoms with Gasteiger partial charge >= 0.3 is 0 Å². The summed E-state index contributed by atoms with van der Waals surface area (Å²) in [6, 6.07) is 17.2. The number of hydrogen-bond donors (Lipinski definition) is 1. The monoisotopic (exact) mass is 497 g/mol. The van der Waals surface area contributed by atoms with Gasteiger partial charge in [0, 0.05) is 21.9 Å². The lowest BCUT2D eigenvalue weighted by Crippen LogP contribution is -2.13. The van der Waals surface area contributed by atoms with E-state index in [2.05, 4.69) is 18.3 Å². The highest BCUT2D eigenvalue weighted by molar-refractivity contribution is 7.16. The van der Waals surface area contributed by atoms with Crippen molar-refractivity contribution < 1.29 is 14.3 Å². The van der Waals surface area contributed by atoms with Crippen molar-refractivity contribution in [1.82, 2.24) is 4.98 Å². The molecule has 1 N–H and O–H groups in total. The number of ether oxygens (including phenoxy) is 2. The van der Waals surface area contributed by atoms with Crippen LogP contribution in [0.5, 0.6) is 11.5 Å². The summed E-state index contributed by atoms with van der Waals surface area (Å²) in [4.78, 5) is 19.7. The van der Waals surface area contributed by atoms with Crippen LogP contribution in [0.15, 0.2) is 48.5 Å². The van der Waals surface area contributed by atoms with Gasteiger partial charge in [-0.1, -0.05) is 31.5 Å². The van der Waals surface area contributed by atoms with Gasteiger partial charge in [-0.2, -0.15) is 5.26 Å². The van der Waals surface area contributed by atoms with Gasteiger partial charge < -0.3 is 14.8 Å². The number of anilines is 1. The number of benzene rings is 2. The number of nitriles is 1. The van der Waals surface area contributed by atoms with Crippen molar-refractivity contribution in [2.24, 2.45) is 5.92 Å². The van der Waals surface area contributed by atoms with Crippen molar-refractivity contribution in [3.05, 3.63) is 70.1 Å². The molecule has 0 aliphatic heterocycles. The highest BCUT2D eigenvalue weighted by Crippen LogP contribution is 2.40. The normalized spacial score (nSPS) is 14.7. The molecule has 1 aliphatic carbocycles. The molecule has 1 amide bonds. The van der Waals surface area contributed by atoms with E-state index >= 15 is 0 Å². The molecule has 0 bridgehead atoms. The third-order valence-electron chi connectivity index (χ3n) is 6.93. The SMILES string of the molecule is CCC1CCc2c(sc(NC(=O)c3cc(-c4ccc(OC)cc4OC)nc4ccccc34)c2C#N)C1. The van der Waals surface area contributed by atoms with Crippen molar-refractivity contribution in [2.45, 2.75) is 32.6 Å². The lowest BCUT2D eigenvalue weighted by molar-refractivity contribution is 0.102. The van der Waals surface area contributed by atoms with Crippen LogP contribution in [0, 0.1) is 17.2 Å². The smallest absolute Gasteiger partial charge is 0.257 e. The van der Waals surface area contributed by atoms with Crippen molar-refractivity contribution in [1.29, 1.82) is 5.26 Å². The van der Waals surface area contributed by atoms with Crippen molar-refractivity contribution >= 4 is 33.1 Å². The first kappa shape index (κ1) is 23.8. The van der Waals surface area contributed by atoms with Gasteiger partial charge in [0.2, 0.25) is 0 Å². The molecule has 0 saturated heterocycles. The summed E-state index contributed by atoms with van der Waals surface area (Å²) in [7, 11) is 3.20. The van der Waals surface area contributed by atoms with E-state index in [4.69, 9.17) is 14.5 Å².